The Morgan fingerprint density at radius 1 is 1.44 bits per heavy atom. The second kappa shape index (κ2) is 6.26. The molecule has 0 spiro atoms. The van der Waals surface area contributed by atoms with Crippen molar-refractivity contribution < 1.29 is 19.8 Å². The molecule has 1 atom stereocenters. The van der Waals surface area contributed by atoms with Crippen molar-refractivity contribution in [2.75, 3.05) is 6.54 Å². The Hall–Kier alpha value is -1.75. The summed E-state index contributed by atoms with van der Waals surface area (Å²) in [7, 11) is 0. The van der Waals surface area contributed by atoms with Gasteiger partial charge in [0.1, 0.15) is 5.75 Å². The van der Waals surface area contributed by atoms with Crippen LogP contribution in [-0.4, -0.2) is 28.6 Å². The zero-order valence-electron chi connectivity index (χ0n) is 9.81. The second-order valence-electron chi connectivity index (χ2n) is 3.82. The number of aromatic hydroxyl groups is 1. The van der Waals surface area contributed by atoms with E-state index in [4.69, 9.17) is 16.7 Å². The number of halogens is 1. The lowest BCUT2D eigenvalue weighted by Gasteiger charge is -2.11. The molecule has 1 rings (SSSR count). The topological polar surface area (TPSA) is 86.6 Å². The van der Waals surface area contributed by atoms with Crippen LogP contribution in [0.15, 0.2) is 18.2 Å². The molecule has 6 heteroatoms. The maximum absolute atomic E-state index is 11.7. The summed E-state index contributed by atoms with van der Waals surface area (Å²) in [5, 5.41) is 20.6. The van der Waals surface area contributed by atoms with Gasteiger partial charge in [0.25, 0.3) is 5.91 Å². The molecule has 0 bridgehead atoms. The van der Waals surface area contributed by atoms with Crippen molar-refractivity contribution in [2.45, 2.75) is 13.3 Å². The summed E-state index contributed by atoms with van der Waals surface area (Å²) in [4.78, 5) is 22.5. The monoisotopic (exact) mass is 271 g/mol. The minimum atomic E-state index is -0.943. The van der Waals surface area contributed by atoms with Gasteiger partial charge in [0, 0.05) is 12.1 Å². The van der Waals surface area contributed by atoms with Gasteiger partial charge in [-0.3, -0.25) is 9.59 Å². The quantitative estimate of drug-likeness (QED) is 0.763. The van der Waals surface area contributed by atoms with Gasteiger partial charge in [-0.25, -0.2) is 0 Å². The van der Waals surface area contributed by atoms with Crippen LogP contribution in [0.5, 0.6) is 5.75 Å². The third-order valence-corrected chi connectivity index (χ3v) is 2.86. The molecular formula is C12H14ClNO4. The van der Waals surface area contributed by atoms with Crippen molar-refractivity contribution in [3.63, 3.8) is 0 Å². The lowest BCUT2D eigenvalue weighted by molar-refractivity contribution is -0.141. The Labute approximate surface area is 109 Å². The average molecular weight is 272 g/mol. The molecule has 0 aliphatic heterocycles. The van der Waals surface area contributed by atoms with E-state index in [-0.39, 0.29) is 22.9 Å². The van der Waals surface area contributed by atoms with E-state index in [0.29, 0.717) is 6.42 Å². The fourth-order valence-electron chi connectivity index (χ4n) is 1.37. The normalized spacial score (nSPS) is 11.9. The van der Waals surface area contributed by atoms with Crippen LogP contribution >= 0.6 is 11.6 Å². The Kier molecular flexibility index (Phi) is 4.97. The number of carbonyl (C=O) groups is 2. The summed E-state index contributed by atoms with van der Waals surface area (Å²) >= 11 is 5.67. The highest BCUT2D eigenvalue weighted by atomic mass is 35.5. The van der Waals surface area contributed by atoms with E-state index in [1.165, 1.54) is 18.2 Å². The average Bonchev–Trinajstić information content (AvgIpc) is 2.32. The number of carboxylic acids is 1. The predicted molar refractivity (Wildman–Crippen MR) is 66.9 cm³/mol. The molecular weight excluding hydrogens is 258 g/mol. The number of benzene rings is 1. The number of hydrogen-bond acceptors (Lipinski definition) is 3. The molecule has 98 valence electrons. The van der Waals surface area contributed by atoms with Crippen LogP contribution in [0.4, 0.5) is 0 Å². The van der Waals surface area contributed by atoms with Crippen LogP contribution in [0.1, 0.15) is 23.7 Å². The largest absolute Gasteiger partial charge is 0.506 e. The molecule has 0 radical (unpaired) electrons. The van der Waals surface area contributed by atoms with Gasteiger partial charge >= 0.3 is 5.97 Å². The van der Waals surface area contributed by atoms with Gasteiger partial charge in [0.05, 0.1) is 10.9 Å². The fraction of sp³-hybridized carbons (Fsp3) is 0.333. The van der Waals surface area contributed by atoms with E-state index in [1.54, 1.807) is 6.92 Å². The van der Waals surface area contributed by atoms with Crippen LogP contribution in [0.25, 0.3) is 0 Å². The van der Waals surface area contributed by atoms with Crippen molar-refractivity contribution in [3.8, 4) is 5.75 Å². The van der Waals surface area contributed by atoms with E-state index in [2.05, 4.69) is 5.32 Å². The number of amides is 1. The minimum absolute atomic E-state index is 0.0587. The van der Waals surface area contributed by atoms with Gasteiger partial charge in [0.2, 0.25) is 0 Å². The zero-order valence-corrected chi connectivity index (χ0v) is 10.6. The van der Waals surface area contributed by atoms with Crippen LogP contribution in [0.2, 0.25) is 5.02 Å². The Morgan fingerprint density at radius 3 is 2.61 bits per heavy atom. The van der Waals surface area contributed by atoms with Gasteiger partial charge in [0.15, 0.2) is 0 Å². The molecule has 18 heavy (non-hydrogen) atoms. The third-order valence-electron chi connectivity index (χ3n) is 2.56. The summed E-state index contributed by atoms with van der Waals surface area (Å²) < 4.78 is 0. The Morgan fingerprint density at radius 2 is 2.11 bits per heavy atom. The Balaban J connectivity index is 2.65. The summed E-state index contributed by atoms with van der Waals surface area (Å²) in [6, 6.07) is 4.05. The smallest absolute Gasteiger partial charge is 0.308 e. The van der Waals surface area contributed by atoms with E-state index >= 15 is 0 Å². The van der Waals surface area contributed by atoms with Gasteiger partial charge < -0.3 is 15.5 Å². The molecule has 0 saturated heterocycles. The highest BCUT2D eigenvalue weighted by Gasteiger charge is 2.16. The van der Waals surface area contributed by atoms with Crippen molar-refractivity contribution >= 4 is 23.5 Å². The molecule has 1 aromatic carbocycles. The SMILES string of the molecule is CCC(CNC(=O)c1ccc(O)c(Cl)c1)C(=O)O. The maximum atomic E-state index is 11.7. The van der Waals surface area contributed by atoms with Crippen molar-refractivity contribution in [3.05, 3.63) is 28.8 Å². The molecule has 0 aromatic heterocycles. The molecule has 0 saturated carbocycles. The van der Waals surface area contributed by atoms with Crippen LogP contribution in [0.3, 0.4) is 0 Å². The van der Waals surface area contributed by atoms with Crippen molar-refractivity contribution in [2.24, 2.45) is 5.92 Å². The molecule has 1 amide bonds. The molecule has 0 heterocycles. The van der Waals surface area contributed by atoms with Crippen molar-refractivity contribution in [1.82, 2.24) is 5.32 Å². The van der Waals surface area contributed by atoms with Crippen LogP contribution < -0.4 is 5.32 Å². The molecule has 0 aliphatic rings. The highest BCUT2D eigenvalue weighted by molar-refractivity contribution is 6.32. The minimum Gasteiger partial charge on any atom is -0.506 e. The number of aliphatic carboxylic acids is 1. The first kappa shape index (κ1) is 14.3. The molecule has 1 unspecified atom stereocenters. The van der Waals surface area contributed by atoms with Gasteiger partial charge in [-0.05, 0) is 24.6 Å². The fourth-order valence-corrected chi connectivity index (χ4v) is 1.55. The molecule has 3 N–H and O–H groups in total. The molecule has 5 nitrogen and oxygen atoms in total. The van der Waals surface area contributed by atoms with E-state index in [9.17, 15) is 14.7 Å². The lowest BCUT2D eigenvalue weighted by atomic mass is 10.1. The number of hydrogen-bond donors (Lipinski definition) is 3. The van der Waals surface area contributed by atoms with Crippen molar-refractivity contribution in [1.29, 1.82) is 0 Å². The van der Waals surface area contributed by atoms with E-state index in [0.717, 1.165) is 0 Å². The van der Waals surface area contributed by atoms with E-state index in [1.807, 2.05) is 0 Å². The number of carboxylic acid groups (broad SMARTS) is 1. The predicted octanol–water partition coefficient (Wildman–Crippen LogP) is 1.89. The summed E-state index contributed by atoms with van der Waals surface area (Å²) in [5.41, 5.74) is 0.276. The summed E-state index contributed by atoms with van der Waals surface area (Å²) in [6.45, 7) is 1.80. The Bertz CT molecular complexity index is 461. The number of rotatable bonds is 5. The number of phenolic OH excluding ortho intramolecular Hbond substituents is 1. The highest BCUT2D eigenvalue weighted by Crippen LogP contribution is 2.23. The number of carbonyl (C=O) groups excluding carboxylic acids is 1. The molecule has 0 aliphatic carbocycles. The van der Waals surface area contributed by atoms with Crippen LogP contribution in [-0.2, 0) is 4.79 Å². The second-order valence-corrected chi connectivity index (χ2v) is 4.23. The molecule has 0 fully saturated rings. The summed E-state index contributed by atoms with van der Waals surface area (Å²) in [6.07, 6.45) is 0.436. The maximum Gasteiger partial charge on any atom is 0.308 e. The lowest BCUT2D eigenvalue weighted by Crippen LogP contribution is -2.32. The zero-order chi connectivity index (χ0) is 13.7. The molecule has 1 aromatic rings. The first-order valence-electron chi connectivity index (χ1n) is 5.45. The number of nitrogens with one attached hydrogen (secondary N) is 1. The third kappa shape index (κ3) is 3.63. The van der Waals surface area contributed by atoms with Gasteiger partial charge in [-0.15, -0.1) is 0 Å². The van der Waals surface area contributed by atoms with E-state index < -0.39 is 17.8 Å². The first-order valence-corrected chi connectivity index (χ1v) is 5.83. The summed E-state index contributed by atoms with van der Waals surface area (Å²) in [5.74, 6) is -2.08. The first-order chi connectivity index (χ1) is 8.45. The van der Waals surface area contributed by atoms with Crippen LogP contribution in [0, 0.1) is 5.92 Å². The van der Waals surface area contributed by atoms with Gasteiger partial charge in [-0.2, -0.15) is 0 Å². The van der Waals surface area contributed by atoms with Gasteiger partial charge in [-0.1, -0.05) is 18.5 Å². The number of phenols is 1. The standard InChI is InChI=1S/C12H14ClNO4/c1-2-7(12(17)18)6-14-11(16)8-3-4-10(15)9(13)5-8/h3-5,7,15H,2,6H2,1H3,(H,14,16)(H,17,18).